The van der Waals surface area contributed by atoms with Crippen molar-refractivity contribution in [2.24, 2.45) is 0 Å². The van der Waals surface area contributed by atoms with E-state index >= 15 is 0 Å². The second kappa shape index (κ2) is 4.31. The minimum atomic E-state index is 0.950. The van der Waals surface area contributed by atoms with E-state index < -0.39 is 0 Å². The highest BCUT2D eigenvalue weighted by Crippen LogP contribution is 2.36. The zero-order valence-electron chi connectivity index (χ0n) is 10.4. The minimum Gasteiger partial charge on any atom is -0.281 e. The van der Waals surface area contributed by atoms with Crippen molar-refractivity contribution in [3.8, 4) is 16.4 Å². The molecule has 4 rings (SSSR count). The summed E-state index contributed by atoms with van der Waals surface area (Å²) in [5.74, 6) is 0.950. The van der Waals surface area contributed by atoms with Crippen molar-refractivity contribution in [1.82, 2.24) is 14.8 Å². The molecule has 2 aromatic heterocycles. The van der Waals surface area contributed by atoms with Crippen molar-refractivity contribution in [2.45, 2.75) is 19.3 Å². The molecule has 0 amide bonds. The van der Waals surface area contributed by atoms with E-state index in [1.807, 2.05) is 29.5 Å². The Hall–Kier alpha value is -1.94. The quantitative estimate of drug-likeness (QED) is 0.711. The predicted molar refractivity (Wildman–Crippen MR) is 76.7 cm³/mol. The van der Waals surface area contributed by atoms with Crippen LogP contribution in [0.4, 0.5) is 0 Å². The molecule has 0 saturated carbocycles. The summed E-state index contributed by atoms with van der Waals surface area (Å²) in [5.41, 5.74) is 2.61. The summed E-state index contributed by atoms with van der Waals surface area (Å²) in [7, 11) is 0. The van der Waals surface area contributed by atoms with E-state index in [4.69, 9.17) is 0 Å². The fourth-order valence-corrected chi connectivity index (χ4v) is 3.86. The monoisotopic (exact) mass is 267 g/mol. The molecule has 0 bridgehead atoms. The van der Waals surface area contributed by atoms with E-state index in [1.165, 1.54) is 34.6 Å². The average Bonchev–Trinajstić information content (AvgIpc) is 3.14. The van der Waals surface area contributed by atoms with E-state index in [0.29, 0.717) is 0 Å². The van der Waals surface area contributed by atoms with Gasteiger partial charge in [-0.3, -0.25) is 4.57 Å². The SMILES string of the molecule is c1ccc(-n2cnnc2-c2cc3c(s2)CCC3)cc1. The summed E-state index contributed by atoms with van der Waals surface area (Å²) in [6, 6.07) is 12.5. The molecule has 3 nitrogen and oxygen atoms in total. The second-order valence-corrected chi connectivity index (χ2v) is 5.91. The molecule has 0 atom stereocenters. The van der Waals surface area contributed by atoms with Gasteiger partial charge in [0.25, 0.3) is 0 Å². The number of hydrogen-bond donors (Lipinski definition) is 0. The van der Waals surface area contributed by atoms with Gasteiger partial charge < -0.3 is 0 Å². The van der Waals surface area contributed by atoms with Gasteiger partial charge in [-0.2, -0.15) is 0 Å². The molecule has 0 saturated heterocycles. The van der Waals surface area contributed by atoms with E-state index in [2.05, 4.69) is 33.0 Å². The standard InChI is InChI=1S/C15H13N3S/c1-2-6-12(7-3-1)18-10-16-17-15(18)14-9-11-5-4-8-13(11)19-14/h1-3,6-7,9-10H,4-5,8H2. The van der Waals surface area contributed by atoms with Crippen molar-refractivity contribution >= 4 is 11.3 Å². The second-order valence-electron chi connectivity index (χ2n) is 4.77. The average molecular weight is 267 g/mol. The molecule has 19 heavy (non-hydrogen) atoms. The summed E-state index contributed by atoms with van der Waals surface area (Å²) in [5, 5.41) is 8.38. The number of benzene rings is 1. The fourth-order valence-electron chi connectivity index (χ4n) is 2.62. The Kier molecular flexibility index (Phi) is 2.48. The van der Waals surface area contributed by atoms with Crippen LogP contribution >= 0.6 is 11.3 Å². The Morgan fingerprint density at radius 1 is 1.11 bits per heavy atom. The molecule has 0 N–H and O–H groups in total. The molecule has 1 aliphatic rings. The summed E-state index contributed by atoms with van der Waals surface area (Å²) in [4.78, 5) is 2.75. The number of aromatic nitrogens is 3. The molecular weight excluding hydrogens is 254 g/mol. The highest BCUT2D eigenvalue weighted by Gasteiger charge is 2.18. The van der Waals surface area contributed by atoms with Crippen molar-refractivity contribution in [3.05, 3.63) is 53.2 Å². The van der Waals surface area contributed by atoms with Gasteiger partial charge in [-0.15, -0.1) is 21.5 Å². The molecule has 1 aliphatic carbocycles. The molecule has 94 valence electrons. The number of thiophene rings is 1. The maximum absolute atomic E-state index is 4.30. The molecule has 2 heterocycles. The lowest BCUT2D eigenvalue weighted by Gasteiger charge is -2.04. The number of para-hydroxylation sites is 1. The topological polar surface area (TPSA) is 30.7 Å². The van der Waals surface area contributed by atoms with Crippen molar-refractivity contribution in [1.29, 1.82) is 0 Å². The minimum absolute atomic E-state index is 0.950. The van der Waals surface area contributed by atoms with E-state index in [0.717, 1.165) is 11.5 Å². The van der Waals surface area contributed by atoms with Gasteiger partial charge in [0.05, 0.1) is 4.88 Å². The summed E-state index contributed by atoms with van der Waals surface area (Å²) in [6.07, 6.45) is 5.52. The third-order valence-electron chi connectivity index (χ3n) is 3.55. The van der Waals surface area contributed by atoms with Crippen LogP contribution in [0, 0.1) is 0 Å². The van der Waals surface area contributed by atoms with Crippen LogP contribution in [0.2, 0.25) is 0 Å². The first-order chi connectivity index (χ1) is 9.42. The van der Waals surface area contributed by atoms with Crippen LogP contribution in [0.25, 0.3) is 16.4 Å². The Bertz CT molecular complexity index is 691. The van der Waals surface area contributed by atoms with Crippen LogP contribution in [-0.4, -0.2) is 14.8 Å². The Morgan fingerprint density at radius 2 is 2.00 bits per heavy atom. The molecule has 0 fully saturated rings. The molecule has 1 aromatic carbocycles. The van der Waals surface area contributed by atoms with Crippen LogP contribution in [0.1, 0.15) is 16.9 Å². The van der Waals surface area contributed by atoms with Crippen LogP contribution in [0.15, 0.2) is 42.7 Å². The first kappa shape index (κ1) is 10.9. The van der Waals surface area contributed by atoms with Gasteiger partial charge in [-0.05, 0) is 43.0 Å². The van der Waals surface area contributed by atoms with E-state index in [1.54, 1.807) is 6.33 Å². The molecule has 4 heteroatoms. The van der Waals surface area contributed by atoms with Gasteiger partial charge >= 0.3 is 0 Å². The molecule has 0 aliphatic heterocycles. The maximum Gasteiger partial charge on any atom is 0.178 e. The Balaban J connectivity index is 1.82. The highest BCUT2D eigenvalue weighted by atomic mass is 32.1. The Labute approximate surface area is 115 Å². The van der Waals surface area contributed by atoms with Crippen molar-refractivity contribution < 1.29 is 0 Å². The highest BCUT2D eigenvalue weighted by molar-refractivity contribution is 7.15. The van der Waals surface area contributed by atoms with Gasteiger partial charge in [-0.1, -0.05) is 18.2 Å². The lowest BCUT2D eigenvalue weighted by Crippen LogP contribution is -1.94. The smallest absolute Gasteiger partial charge is 0.178 e. The first-order valence-corrected chi connectivity index (χ1v) is 7.31. The number of aryl methyl sites for hydroxylation is 2. The molecule has 0 radical (unpaired) electrons. The summed E-state index contributed by atoms with van der Waals surface area (Å²) < 4.78 is 2.06. The van der Waals surface area contributed by atoms with E-state index in [9.17, 15) is 0 Å². The van der Waals surface area contributed by atoms with Gasteiger partial charge in [0.2, 0.25) is 0 Å². The maximum atomic E-state index is 4.30. The van der Waals surface area contributed by atoms with Crippen molar-refractivity contribution in [2.75, 3.05) is 0 Å². The first-order valence-electron chi connectivity index (χ1n) is 6.49. The third kappa shape index (κ3) is 1.79. The summed E-state index contributed by atoms with van der Waals surface area (Å²) in [6.45, 7) is 0. The fraction of sp³-hybridized carbons (Fsp3) is 0.200. The zero-order chi connectivity index (χ0) is 12.7. The van der Waals surface area contributed by atoms with Crippen LogP contribution < -0.4 is 0 Å². The van der Waals surface area contributed by atoms with Crippen LogP contribution in [0.3, 0.4) is 0 Å². The molecular formula is C15H13N3S. The molecule has 3 aromatic rings. The van der Waals surface area contributed by atoms with Crippen LogP contribution in [-0.2, 0) is 12.8 Å². The Morgan fingerprint density at radius 3 is 2.84 bits per heavy atom. The third-order valence-corrected chi connectivity index (χ3v) is 4.78. The van der Waals surface area contributed by atoms with Crippen molar-refractivity contribution in [3.63, 3.8) is 0 Å². The summed E-state index contributed by atoms with van der Waals surface area (Å²) >= 11 is 1.87. The number of fused-ring (bicyclic) bond motifs is 1. The zero-order valence-corrected chi connectivity index (χ0v) is 11.2. The van der Waals surface area contributed by atoms with Crippen LogP contribution in [0.5, 0.6) is 0 Å². The number of rotatable bonds is 2. The lowest BCUT2D eigenvalue weighted by atomic mass is 10.2. The number of hydrogen-bond acceptors (Lipinski definition) is 3. The normalized spacial score (nSPS) is 13.7. The largest absolute Gasteiger partial charge is 0.281 e. The van der Waals surface area contributed by atoms with E-state index in [-0.39, 0.29) is 0 Å². The predicted octanol–water partition coefficient (Wildman–Crippen LogP) is 3.48. The lowest BCUT2D eigenvalue weighted by molar-refractivity contribution is 0.914. The number of nitrogens with zero attached hydrogens (tertiary/aromatic N) is 3. The van der Waals surface area contributed by atoms with Gasteiger partial charge in [0, 0.05) is 10.6 Å². The van der Waals surface area contributed by atoms with Gasteiger partial charge in [-0.25, -0.2) is 0 Å². The molecule has 0 unspecified atom stereocenters. The van der Waals surface area contributed by atoms with Gasteiger partial charge in [0.1, 0.15) is 6.33 Å². The van der Waals surface area contributed by atoms with Gasteiger partial charge in [0.15, 0.2) is 5.82 Å². The molecule has 0 spiro atoms.